The number of hydrogen-bond donors (Lipinski definition) is 3. The zero-order valence-electron chi connectivity index (χ0n) is 25.7. The fraction of sp³-hybridized carbons (Fsp3) is 0.606. The van der Waals surface area contributed by atoms with Gasteiger partial charge in [0.25, 0.3) is 5.88 Å². The van der Waals surface area contributed by atoms with Gasteiger partial charge in [0, 0.05) is 41.3 Å². The number of nitrogens with two attached hydrogens (primary N) is 1. The molecule has 4 N–H and O–H groups in total. The molecular weight excluding hydrogens is 569 g/mol. The molecule has 238 valence electrons. The summed E-state index contributed by atoms with van der Waals surface area (Å²) < 4.78 is 33.7. The maximum atomic E-state index is 16.3. The number of benzene rings is 1. The van der Waals surface area contributed by atoms with Gasteiger partial charge in [-0.1, -0.05) is 40.0 Å². The highest BCUT2D eigenvalue weighted by Gasteiger charge is 2.63. The van der Waals surface area contributed by atoms with E-state index in [0.29, 0.717) is 43.0 Å². The van der Waals surface area contributed by atoms with Gasteiger partial charge in [-0.05, 0) is 49.7 Å². The number of ketones is 2. The molecule has 0 radical (unpaired) electrons. The smallest absolute Gasteiger partial charge is 0.265 e. The number of aliphatic hydroxyl groups excluding tert-OH is 1. The number of nitrogens with zero attached hydrogens (tertiary/aromatic N) is 2. The van der Waals surface area contributed by atoms with Crippen LogP contribution in [0.1, 0.15) is 115 Å². The molecule has 1 aromatic heterocycles. The maximum absolute atomic E-state index is 16.3. The molecule has 0 saturated carbocycles. The molecule has 4 atom stereocenters. The second-order valence-corrected chi connectivity index (χ2v) is 12.6. The van der Waals surface area contributed by atoms with E-state index in [4.69, 9.17) is 19.7 Å². The fourth-order valence-corrected chi connectivity index (χ4v) is 7.35. The van der Waals surface area contributed by atoms with Crippen LogP contribution in [-0.2, 0) is 19.5 Å². The van der Waals surface area contributed by atoms with Crippen LogP contribution in [0.4, 0.5) is 4.39 Å². The highest BCUT2D eigenvalue weighted by Crippen LogP contribution is 2.55. The Hall–Kier alpha value is -3.28. The number of unbranched alkanes of at least 4 members (excludes halogenated alkanes) is 3. The van der Waals surface area contributed by atoms with Crippen LogP contribution in [0, 0.1) is 17.7 Å². The summed E-state index contributed by atoms with van der Waals surface area (Å²) in [6, 6.07) is -1.02. The minimum Gasteiger partial charge on any atom is -0.508 e. The largest absolute Gasteiger partial charge is 0.508 e. The van der Waals surface area contributed by atoms with Crippen LogP contribution < -0.4 is 15.2 Å². The number of carbonyl (C=O) groups excluding carboxylic acids is 2. The molecule has 0 unspecified atom stereocenters. The summed E-state index contributed by atoms with van der Waals surface area (Å²) in [7, 11) is 0. The molecule has 1 aromatic carbocycles. The summed E-state index contributed by atoms with van der Waals surface area (Å²) in [5, 5.41) is 27.6. The van der Waals surface area contributed by atoms with Crippen molar-refractivity contribution in [2.75, 3.05) is 19.8 Å². The zero-order valence-corrected chi connectivity index (χ0v) is 25.7. The van der Waals surface area contributed by atoms with Gasteiger partial charge in [-0.3, -0.25) is 14.5 Å². The van der Waals surface area contributed by atoms with Crippen LogP contribution in [0.15, 0.2) is 15.9 Å². The lowest BCUT2D eigenvalue weighted by Crippen LogP contribution is -2.58. The van der Waals surface area contributed by atoms with E-state index in [2.05, 4.69) is 17.0 Å². The zero-order chi connectivity index (χ0) is 31.3. The van der Waals surface area contributed by atoms with Crippen LogP contribution in [-0.4, -0.2) is 57.2 Å². The van der Waals surface area contributed by atoms with E-state index in [1.807, 2.05) is 13.8 Å². The van der Waals surface area contributed by atoms with Crippen LogP contribution >= 0.6 is 0 Å². The van der Waals surface area contributed by atoms with E-state index in [0.717, 1.165) is 38.6 Å². The Labute approximate surface area is 256 Å². The summed E-state index contributed by atoms with van der Waals surface area (Å²) in [5.41, 5.74) is 5.40. The summed E-state index contributed by atoms with van der Waals surface area (Å²) in [4.78, 5) is 30.5. The highest BCUT2D eigenvalue weighted by atomic mass is 19.1. The molecule has 0 saturated heterocycles. The molecule has 0 amide bonds. The molecule has 0 fully saturated rings. The van der Waals surface area contributed by atoms with Crippen LogP contribution in [0.2, 0.25) is 0 Å². The molecule has 0 bridgehead atoms. The van der Waals surface area contributed by atoms with E-state index in [9.17, 15) is 19.8 Å². The Balaban J connectivity index is 1.45. The number of fused-ring (bicyclic) bond motifs is 5. The molecule has 4 aliphatic rings. The molecule has 44 heavy (non-hydrogen) atoms. The molecular formula is C33H42FN3O7. The van der Waals surface area contributed by atoms with Crippen LogP contribution in [0.3, 0.4) is 0 Å². The molecule has 0 spiro atoms. The highest BCUT2D eigenvalue weighted by molar-refractivity contribution is 6.16. The first-order valence-electron chi connectivity index (χ1n) is 16.0. The SMILES string of the molecule is CCCCOc1noc2c1C(=O)[C@@]1(O)C(O)=C3C(=O)c4c(c(F)c5c(c4OCCCC)CN(CCCC)C5)C[C@H]3C[C@H]1[C@@H]2N. The number of ether oxygens (including phenoxy) is 2. The lowest BCUT2D eigenvalue weighted by Gasteiger charge is -2.47. The minimum absolute atomic E-state index is 0.0608. The van der Waals surface area contributed by atoms with Gasteiger partial charge in [0.15, 0.2) is 17.1 Å². The summed E-state index contributed by atoms with van der Waals surface area (Å²) in [6.45, 7) is 8.45. The lowest BCUT2D eigenvalue weighted by molar-refractivity contribution is -0.0356. The van der Waals surface area contributed by atoms with Crippen molar-refractivity contribution in [3.63, 3.8) is 0 Å². The number of carbonyl (C=O) groups is 2. The molecule has 10 nitrogen and oxygen atoms in total. The van der Waals surface area contributed by atoms with Crippen molar-refractivity contribution in [1.82, 2.24) is 10.1 Å². The van der Waals surface area contributed by atoms with Crippen molar-refractivity contribution in [3.05, 3.63) is 50.7 Å². The third-order valence-electron chi connectivity index (χ3n) is 9.79. The van der Waals surface area contributed by atoms with Gasteiger partial charge in [0.05, 0.1) is 24.8 Å². The van der Waals surface area contributed by atoms with Gasteiger partial charge in [0.1, 0.15) is 22.9 Å². The third-order valence-corrected chi connectivity index (χ3v) is 9.79. The van der Waals surface area contributed by atoms with E-state index >= 15 is 4.39 Å². The van der Waals surface area contributed by atoms with Crippen molar-refractivity contribution in [2.24, 2.45) is 17.6 Å². The predicted molar refractivity (Wildman–Crippen MR) is 158 cm³/mol. The predicted octanol–water partition coefficient (Wildman–Crippen LogP) is 5.10. The number of halogens is 1. The lowest BCUT2D eigenvalue weighted by atomic mass is 9.59. The van der Waals surface area contributed by atoms with Crippen LogP contribution in [0.25, 0.3) is 0 Å². The Morgan fingerprint density at radius 2 is 1.70 bits per heavy atom. The Kier molecular flexibility index (Phi) is 8.32. The first-order chi connectivity index (χ1) is 21.2. The Bertz CT molecular complexity index is 1520. The molecule has 6 rings (SSSR count). The normalized spacial score (nSPS) is 25.8. The van der Waals surface area contributed by atoms with Gasteiger partial charge in [-0.25, -0.2) is 4.39 Å². The number of rotatable bonds is 11. The average Bonchev–Trinajstić information content (AvgIpc) is 3.63. The van der Waals surface area contributed by atoms with Crippen molar-refractivity contribution < 1.29 is 38.2 Å². The number of hydrogen-bond acceptors (Lipinski definition) is 10. The van der Waals surface area contributed by atoms with Gasteiger partial charge >= 0.3 is 0 Å². The average molecular weight is 612 g/mol. The molecule has 3 aliphatic carbocycles. The van der Waals surface area contributed by atoms with Crippen LogP contribution in [0.5, 0.6) is 11.6 Å². The number of Topliss-reactive ketones (excluding diaryl/α,β-unsaturated/α-hetero) is 2. The second-order valence-electron chi connectivity index (χ2n) is 12.6. The van der Waals surface area contributed by atoms with E-state index in [-0.39, 0.29) is 53.4 Å². The topological polar surface area (TPSA) is 148 Å². The molecule has 11 heteroatoms. The van der Waals surface area contributed by atoms with Crippen molar-refractivity contribution in [2.45, 2.75) is 96.9 Å². The first-order valence-corrected chi connectivity index (χ1v) is 16.0. The van der Waals surface area contributed by atoms with Crippen molar-refractivity contribution >= 4 is 11.6 Å². The minimum atomic E-state index is -2.49. The number of allylic oxidation sites excluding steroid dienone is 1. The summed E-state index contributed by atoms with van der Waals surface area (Å²) >= 11 is 0. The summed E-state index contributed by atoms with van der Waals surface area (Å²) in [6.07, 6.45) is 5.32. The Morgan fingerprint density at radius 3 is 2.41 bits per heavy atom. The van der Waals surface area contributed by atoms with Crippen molar-refractivity contribution in [1.29, 1.82) is 0 Å². The van der Waals surface area contributed by atoms with Crippen molar-refractivity contribution in [3.8, 4) is 11.6 Å². The standard InChI is InChI=1S/C33H42FN3O7/c1-4-7-10-37-15-19-20(16-37)28(42-11-8-5-2)23-18(25(19)34)13-17-14-21-26(35)29-24(32(36-44-29)43-12-9-6-3)31(40)33(21,41)30(39)22(17)27(23)38/h17,21,26,39,41H,4-16,35H2,1-3H3/t17-,21-,26-,33-/m0/s1. The summed E-state index contributed by atoms with van der Waals surface area (Å²) in [5.74, 6) is -4.04. The van der Waals surface area contributed by atoms with Gasteiger partial charge in [-0.2, -0.15) is 0 Å². The van der Waals surface area contributed by atoms with E-state index < -0.39 is 46.6 Å². The van der Waals surface area contributed by atoms with E-state index in [1.54, 1.807) is 0 Å². The van der Waals surface area contributed by atoms with Gasteiger partial charge in [0.2, 0.25) is 5.78 Å². The van der Waals surface area contributed by atoms with Gasteiger partial charge < -0.3 is 29.9 Å². The molecule has 2 aromatic rings. The van der Waals surface area contributed by atoms with Gasteiger partial charge in [-0.15, -0.1) is 0 Å². The Morgan fingerprint density at radius 1 is 1.02 bits per heavy atom. The first kappa shape index (κ1) is 30.7. The van der Waals surface area contributed by atoms with E-state index in [1.165, 1.54) is 0 Å². The molecule has 2 heterocycles. The second kappa shape index (κ2) is 11.9. The molecule has 1 aliphatic heterocycles. The fourth-order valence-electron chi connectivity index (χ4n) is 7.35. The number of aromatic nitrogens is 1. The third kappa shape index (κ3) is 4.58. The monoisotopic (exact) mass is 611 g/mol. The quantitative estimate of drug-likeness (QED) is 0.293. The maximum Gasteiger partial charge on any atom is 0.265 e. The number of aliphatic hydroxyl groups is 2.